The molecule has 0 saturated carbocycles. The molecule has 2 aromatic rings. The summed E-state index contributed by atoms with van der Waals surface area (Å²) < 4.78 is 6.23. The number of pyridine rings is 1. The Morgan fingerprint density at radius 1 is 1.55 bits per heavy atom. The largest absolute Gasteiger partial charge is 0.465 e. The zero-order chi connectivity index (χ0) is 21.3. The zero-order valence-electron chi connectivity index (χ0n) is 17.6. The lowest BCUT2D eigenvalue weighted by Crippen LogP contribution is -2.52. The van der Waals surface area contributed by atoms with Crippen molar-refractivity contribution in [2.24, 2.45) is 0 Å². The van der Waals surface area contributed by atoms with E-state index in [-0.39, 0.29) is 12.1 Å². The minimum Gasteiger partial charge on any atom is -0.465 e. The van der Waals surface area contributed by atoms with Crippen LogP contribution in [0, 0.1) is 0 Å². The highest BCUT2D eigenvalue weighted by molar-refractivity contribution is 9.10. The highest BCUT2D eigenvalue weighted by Crippen LogP contribution is 2.40. The van der Waals surface area contributed by atoms with Crippen LogP contribution >= 0.6 is 15.9 Å². The van der Waals surface area contributed by atoms with Gasteiger partial charge in [-0.1, -0.05) is 0 Å². The van der Waals surface area contributed by atoms with Crippen molar-refractivity contribution in [3.63, 3.8) is 0 Å². The fraction of sp³-hybridized carbons (Fsp3) is 0.600. The topological polar surface area (TPSA) is 93.7 Å². The quantitative estimate of drug-likeness (QED) is 0.591. The van der Waals surface area contributed by atoms with E-state index < -0.39 is 11.6 Å². The molecule has 0 unspecified atom stereocenters. The summed E-state index contributed by atoms with van der Waals surface area (Å²) in [5.74, 6) is 0. The van der Waals surface area contributed by atoms with Crippen LogP contribution in [-0.4, -0.2) is 70.5 Å². The molecular weight excluding hydrogens is 438 g/mol. The summed E-state index contributed by atoms with van der Waals surface area (Å²) in [5.41, 5.74) is 2.34. The first-order chi connectivity index (χ1) is 13.6. The Balaban J connectivity index is 1.92. The Bertz CT molecular complexity index is 879. The van der Waals surface area contributed by atoms with Gasteiger partial charge in [-0.05, 0) is 50.0 Å². The van der Waals surface area contributed by atoms with Gasteiger partial charge >= 0.3 is 6.09 Å². The number of methoxy groups -OCH3 is 1. The average molecular weight is 468 g/mol. The molecule has 8 nitrogen and oxygen atoms in total. The maximum Gasteiger partial charge on any atom is 0.408 e. The van der Waals surface area contributed by atoms with Crippen molar-refractivity contribution in [2.75, 3.05) is 37.0 Å². The van der Waals surface area contributed by atoms with E-state index >= 15 is 0 Å². The Kier molecular flexibility index (Phi) is 6.28. The molecule has 0 radical (unpaired) electrons. The number of halogens is 1. The third-order valence-corrected chi connectivity index (χ3v) is 5.97. The number of H-pyrrole nitrogens is 1. The predicted molar refractivity (Wildman–Crippen MR) is 119 cm³/mol. The third-order valence-electron chi connectivity index (χ3n) is 5.39. The molecule has 2 aromatic heterocycles. The Morgan fingerprint density at radius 3 is 2.90 bits per heavy atom. The van der Waals surface area contributed by atoms with E-state index in [1.807, 2.05) is 33.9 Å². The molecule has 2 atom stereocenters. The van der Waals surface area contributed by atoms with Crippen LogP contribution in [0.5, 0.6) is 0 Å². The van der Waals surface area contributed by atoms with Crippen LogP contribution in [0.15, 0.2) is 16.9 Å². The number of ether oxygens (including phenoxy) is 1. The smallest absolute Gasteiger partial charge is 0.408 e. The number of fused-ring (bicyclic) bond motifs is 1. The van der Waals surface area contributed by atoms with Gasteiger partial charge in [0.2, 0.25) is 0 Å². The summed E-state index contributed by atoms with van der Waals surface area (Å²) in [5, 5.41) is 14.2. The van der Waals surface area contributed by atoms with E-state index in [9.17, 15) is 9.90 Å². The lowest BCUT2D eigenvalue weighted by atomic mass is 10.0. The molecule has 0 aliphatic carbocycles. The van der Waals surface area contributed by atoms with E-state index in [0.717, 1.165) is 39.8 Å². The summed E-state index contributed by atoms with van der Waals surface area (Å²) in [6.45, 7) is 9.92. The van der Waals surface area contributed by atoms with Gasteiger partial charge in [0.25, 0.3) is 0 Å². The SMILES string of the molecule is CO[C@H](C)CNc1c[nH]c2ncc(Br)c(N3CC[C@@H](N(C(=O)O)C(C)(C)C)C3)c12. The molecule has 1 fully saturated rings. The molecule has 1 amide bonds. The second kappa shape index (κ2) is 8.39. The normalized spacial score (nSPS) is 18.3. The number of anilines is 2. The number of aromatic nitrogens is 2. The molecule has 0 aromatic carbocycles. The Morgan fingerprint density at radius 2 is 2.28 bits per heavy atom. The van der Waals surface area contributed by atoms with Crippen LogP contribution < -0.4 is 10.2 Å². The first-order valence-electron chi connectivity index (χ1n) is 9.83. The van der Waals surface area contributed by atoms with Crippen LogP contribution in [0.3, 0.4) is 0 Å². The predicted octanol–water partition coefficient (Wildman–Crippen LogP) is 4.13. The zero-order valence-corrected chi connectivity index (χ0v) is 19.2. The molecule has 3 N–H and O–H groups in total. The maximum atomic E-state index is 11.9. The third kappa shape index (κ3) is 4.45. The minimum atomic E-state index is -0.874. The number of nitrogens with one attached hydrogen (secondary N) is 2. The molecule has 3 rings (SSSR count). The van der Waals surface area contributed by atoms with E-state index in [0.29, 0.717) is 13.1 Å². The van der Waals surface area contributed by atoms with Gasteiger partial charge < -0.3 is 25.0 Å². The van der Waals surface area contributed by atoms with Crippen molar-refractivity contribution < 1.29 is 14.6 Å². The van der Waals surface area contributed by atoms with Gasteiger partial charge in [0.1, 0.15) is 5.65 Å². The van der Waals surface area contributed by atoms with E-state index in [2.05, 4.69) is 36.1 Å². The summed E-state index contributed by atoms with van der Waals surface area (Å²) in [6, 6.07) is -0.0634. The standard InChI is InChI=1S/C20H30BrN5O3/c1-12(29-5)8-22-15-10-24-18-16(15)17(14(21)9-23-18)25-7-6-13(11-25)26(19(27)28)20(2,3)4/h9-10,12-13,22H,6-8,11H2,1-5H3,(H,23,24)(H,27,28)/t12-,13-/m1/s1. The van der Waals surface area contributed by atoms with Crippen molar-refractivity contribution in [1.82, 2.24) is 14.9 Å². The molecule has 0 bridgehead atoms. The van der Waals surface area contributed by atoms with Gasteiger partial charge in [-0.15, -0.1) is 0 Å². The van der Waals surface area contributed by atoms with Gasteiger partial charge in [-0.25, -0.2) is 9.78 Å². The van der Waals surface area contributed by atoms with Crippen LogP contribution in [0.25, 0.3) is 11.0 Å². The first kappa shape index (κ1) is 21.7. The summed E-state index contributed by atoms with van der Waals surface area (Å²) in [6.07, 6.45) is 3.70. The van der Waals surface area contributed by atoms with Crippen molar-refractivity contribution in [2.45, 2.75) is 51.8 Å². The number of carbonyl (C=O) groups is 1. The number of amides is 1. The van der Waals surface area contributed by atoms with Crippen LogP contribution in [0.4, 0.5) is 16.2 Å². The number of carboxylic acid groups (broad SMARTS) is 1. The molecule has 1 aliphatic rings. The fourth-order valence-electron chi connectivity index (χ4n) is 3.99. The monoisotopic (exact) mass is 467 g/mol. The number of aromatic amines is 1. The highest BCUT2D eigenvalue weighted by atomic mass is 79.9. The Labute approximate surface area is 179 Å². The lowest BCUT2D eigenvalue weighted by Gasteiger charge is -2.38. The van der Waals surface area contributed by atoms with E-state index in [1.54, 1.807) is 18.2 Å². The average Bonchev–Trinajstić information content (AvgIpc) is 3.25. The van der Waals surface area contributed by atoms with Crippen LogP contribution in [-0.2, 0) is 4.74 Å². The van der Waals surface area contributed by atoms with Crippen LogP contribution in [0.1, 0.15) is 34.1 Å². The molecule has 29 heavy (non-hydrogen) atoms. The number of hydrogen-bond donors (Lipinski definition) is 3. The van der Waals surface area contributed by atoms with Crippen molar-refractivity contribution >= 4 is 44.4 Å². The van der Waals surface area contributed by atoms with Crippen molar-refractivity contribution in [3.05, 3.63) is 16.9 Å². The number of nitrogens with zero attached hydrogens (tertiary/aromatic N) is 3. The molecule has 1 aliphatic heterocycles. The molecule has 3 heterocycles. The second-order valence-corrected chi connectivity index (χ2v) is 9.37. The van der Waals surface area contributed by atoms with Gasteiger partial charge in [-0.3, -0.25) is 4.90 Å². The van der Waals surface area contributed by atoms with Crippen LogP contribution in [0.2, 0.25) is 0 Å². The van der Waals surface area contributed by atoms with Gasteiger partial charge in [0, 0.05) is 44.7 Å². The number of hydrogen-bond acceptors (Lipinski definition) is 5. The molecule has 160 valence electrons. The van der Waals surface area contributed by atoms with E-state index in [1.165, 1.54) is 0 Å². The van der Waals surface area contributed by atoms with Gasteiger partial charge in [0.05, 0.1) is 33.4 Å². The molecule has 1 saturated heterocycles. The summed E-state index contributed by atoms with van der Waals surface area (Å²) >= 11 is 3.66. The summed E-state index contributed by atoms with van der Waals surface area (Å²) in [7, 11) is 1.69. The fourth-order valence-corrected chi connectivity index (χ4v) is 4.54. The molecule has 9 heteroatoms. The van der Waals surface area contributed by atoms with Crippen molar-refractivity contribution in [3.8, 4) is 0 Å². The van der Waals surface area contributed by atoms with E-state index in [4.69, 9.17) is 4.74 Å². The maximum absolute atomic E-state index is 11.9. The second-order valence-electron chi connectivity index (χ2n) is 8.52. The molecule has 0 spiro atoms. The molecular formula is C20H30BrN5O3. The summed E-state index contributed by atoms with van der Waals surface area (Å²) in [4.78, 5) is 23.5. The lowest BCUT2D eigenvalue weighted by molar-refractivity contribution is 0.0763. The minimum absolute atomic E-state index is 0.0634. The van der Waals surface area contributed by atoms with Gasteiger partial charge in [0.15, 0.2) is 0 Å². The highest BCUT2D eigenvalue weighted by Gasteiger charge is 2.38. The number of rotatable bonds is 6. The van der Waals surface area contributed by atoms with Crippen molar-refractivity contribution in [1.29, 1.82) is 0 Å². The Hall–Kier alpha value is -2.00. The first-order valence-corrected chi connectivity index (χ1v) is 10.6. The van der Waals surface area contributed by atoms with Gasteiger partial charge in [-0.2, -0.15) is 0 Å².